The van der Waals surface area contributed by atoms with Gasteiger partial charge in [-0.3, -0.25) is 9.89 Å². The smallest absolute Gasteiger partial charge is 0.191 e. The Morgan fingerprint density at radius 3 is 2.42 bits per heavy atom. The van der Waals surface area contributed by atoms with E-state index in [-0.39, 0.29) is 24.0 Å². The lowest BCUT2D eigenvalue weighted by Gasteiger charge is -2.30. The second kappa shape index (κ2) is 15.0. The van der Waals surface area contributed by atoms with Crippen molar-refractivity contribution in [2.75, 3.05) is 59.5 Å². The van der Waals surface area contributed by atoms with Crippen LogP contribution in [0.5, 0.6) is 0 Å². The van der Waals surface area contributed by atoms with E-state index in [1.807, 2.05) is 7.05 Å². The molecule has 2 N–H and O–H groups in total. The number of nitrogens with zero attached hydrogens (tertiary/aromatic N) is 3. The number of ether oxygens (including phenoxy) is 1. The standard InChI is InChI=1S/C24H41N5O.HI/c1-21-9-13-28(14-10-21)12-6-5-11-26-24(25-2)27-19-22-7-3-4-8-23(22)20-29-15-17-30-18-16-29;/h3-4,7-8,21H,5-6,9-20H2,1-2H3,(H2,25,26,27);1H. The first-order chi connectivity index (χ1) is 14.7. The number of nitrogens with one attached hydrogen (secondary N) is 2. The minimum atomic E-state index is 0. The van der Waals surface area contributed by atoms with Crippen LogP contribution in [0.4, 0.5) is 0 Å². The Balaban J connectivity index is 0.00000341. The van der Waals surface area contributed by atoms with Gasteiger partial charge in [-0.15, -0.1) is 24.0 Å². The van der Waals surface area contributed by atoms with Crippen molar-refractivity contribution >= 4 is 29.9 Å². The summed E-state index contributed by atoms with van der Waals surface area (Å²) in [7, 11) is 1.85. The summed E-state index contributed by atoms with van der Waals surface area (Å²) in [6.07, 6.45) is 5.16. The van der Waals surface area contributed by atoms with Gasteiger partial charge in [0.2, 0.25) is 0 Å². The quantitative estimate of drug-likeness (QED) is 0.217. The molecule has 0 aliphatic carbocycles. The molecule has 2 saturated heterocycles. The molecule has 0 atom stereocenters. The topological polar surface area (TPSA) is 52.1 Å². The highest BCUT2D eigenvalue weighted by Gasteiger charge is 2.15. The van der Waals surface area contributed by atoms with Gasteiger partial charge in [-0.1, -0.05) is 31.2 Å². The van der Waals surface area contributed by atoms with Gasteiger partial charge in [0, 0.05) is 39.8 Å². The molecule has 0 aromatic heterocycles. The highest BCUT2D eigenvalue weighted by molar-refractivity contribution is 14.0. The molecule has 6 nitrogen and oxygen atoms in total. The van der Waals surface area contributed by atoms with E-state index in [9.17, 15) is 0 Å². The molecular formula is C24H42IN5O. The molecule has 3 rings (SSSR count). The van der Waals surface area contributed by atoms with Crippen LogP contribution in [0.1, 0.15) is 43.7 Å². The van der Waals surface area contributed by atoms with E-state index in [1.165, 1.54) is 56.4 Å². The number of piperidine rings is 1. The van der Waals surface area contributed by atoms with Gasteiger partial charge < -0.3 is 20.3 Å². The maximum atomic E-state index is 5.47. The first kappa shape index (κ1) is 26.4. The number of morpholine rings is 1. The van der Waals surface area contributed by atoms with Crippen LogP contribution in [0.2, 0.25) is 0 Å². The molecule has 7 heteroatoms. The monoisotopic (exact) mass is 543 g/mol. The molecule has 1 aromatic carbocycles. The number of hydrogen-bond acceptors (Lipinski definition) is 4. The van der Waals surface area contributed by atoms with Crippen LogP contribution >= 0.6 is 24.0 Å². The maximum absolute atomic E-state index is 5.47. The summed E-state index contributed by atoms with van der Waals surface area (Å²) in [5, 5.41) is 6.97. The second-order valence-corrected chi connectivity index (χ2v) is 8.74. The minimum Gasteiger partial charge on any atom is -0.379 e. The molecule has 0 unspecified atom stereocenters. The van der Waals surface area contributed by atoms with Gasteiger partial charge in [0.25, 0.3) is 0 Å². The van der Waals surface area contributed by atoms with Crippen LogP contribution in [0.3, 0.4) is 0 Å². The fourth-order valence-electron chi connectivity index (χ4n) is 4.24. The highest BCUT2D eigenvalue weighted by atomic mass is 127. The van der Waals surface area contributed by atoms with Crippen LogP contribution in [0.25, 0.3) is 0 Å². The van der Waals surface area contributed by atoms with Crippen LogP contribution in [0, 0.1) is 5.92 Å². The summed E-state index contributed by atoms with van der Waals surface area (Å²) in [6, 6.07) is 8.71. The Bertz CT molecular complexity index is 643. The Morgan fingerprint density at radius 1 is 1.00 bits per heavy atom. The van der Waals surface area contributed by atoms with E-state index >= 15 is 0 Å². The van der Waals surface area contributed by atoms with Crippen molar-refractivity contribution in [3.8, 4) is 0 Å². The third-order valence-electron chi connectivity index (χ3n) is 6.36. The molecule has 2 heterocycles. The molecule has 1 aromatic rings. The van der Waals surface area contributed by atoms with E-state index in [2.05, 4.69) is 56.6 Å². The predicted octanol–water partition coefficient (Wildman–Crippen LogP) is 3.31. The molecule has 31 heavy (non-hydrogen) atoms. The molecule has 0 bridgehead atoms. The van der Waals surface area contributed by atoms with Gasteiger partial charge in [0.05, 0.1) is 13.2 Å². The maximum Gasteiger partial charge on any atom is 0.191 e. The molecule has 2 aliphatic heterocycles. The molecule has 0 saturated carbocycles. The molecule has 2 fully saturated rings. The summed E-state index contributed by atoms with van der Waals surface area (Å²) in [5.41, 5.74) is 2.73. The van der Waals surface area contributed by atoms with Gasteiger partial charge in [-0.05, 0) is 62.4 Å². The van der Waals surface area contributed by atoms with Crippen molar-refractivity contribution in [2.45, 2.75) is 45.7 Å². The number of aliphatic imine (C=N–C) groups is 1. The molecule has 0 radical (unpaired) electrons. The summed E-state index contributed by atoms with van der Waals surface area (Å²) in [5.74, 6) is 1.80. The Kier molecular flexibility index (Phi) is 12.8. The summed E-state index contributed by atoms with van der Waals surface area (Å²) in [4.78, 5) is 9.50. The average molecular weight is 544 g/mol. The zero-order valence-corrected chi connectivity index (χ0v) is 21.8. The zero-order valence-electron chi connectivity index (χ0n) is 19.4. The van der Waals surface area contributed by atoms with Gasteiger partial charge in [0.15, 0.2) is 5.96 Å². The number of benzene rings is 1. The number of likely N-dealkylation sites (tertiary alicyclic amines) is 1. The fourth-order valence-corrected chi connectivity index (χ4v) is 4.24. The van der Waals surface area contributed by atoms with Crippen molar-refractivity contribution in [3.05, 3.63) is 35.4 Å². The van der Waals surface area contributed by atoms with Crippen LogP contribution in [0.15, 0.2) is 29.3 Å². The number of unbranched alkanes of at least 4 members (excludes halogenated alkanes) is 1. The SMILES string of the molecule is CN=C(NCCCCN1CCC(C)CC1)NCc1ccccc1CN1CCOCC1.I. The van der Waals surface area contributed by atoms with Crippen LogP contribution in [-0.2, 0) is 17.8 Å². The average Bonchev–Trinajstić information content (AvgIpc) is 2.78. The lowest BCUT2D eigenvalue weighted by Crippen LogP contribution is -2.38. The van der Waals surface area contributed by atoms with Gasteiger partial charge in [-0.2, -0.15) is 0 Å². The van der Waals surface area contributed by atoms with Crippen molar-refractivity contribution in [3.63, 3.8) is 0 Å². The summed E-state index contributed by atoms with van der Waals surface area (Å²) < 4.78 is 5.47. The van der Waals surface area contributed by atoms with Crippen molar-refractivity contribution in [2.24, 2.45) is 10.9 Å². The number of halogens is 1. The number of guanidine groups is 1. The van der Waals surface area contributed by atoms with Crippen molar-refractivity contribution < 1.29 is 4.74 Å². The van der Waals surface area contributed by atoms with E-state index in [4.69, 9.17) is 4.74 Å². The first-order valence-corrected chi connectivity index (χ1v) is 11.8. The zero-order chi connectivity index (χ0) is 21.0. The Morgan fingerprint density at radius 2 is 1.71 bits per heavy atom. The van der Waals surface area contributed by atoms with E-state index in [0.29, 0.717) is 0 Å². The van der Waals surface area contributed by atoms with Crippen LogP contribution < -0.4 is 10.6 Å². The molecule has 2 aliphatic rings. The minimum absolute atomic E-state index is 0. The largest absolute Gasteiger partial charge is 0.379 e. The van der Waals surface area contributed by atoms with Gasteiger partial charge in [-0.25, -0.2) is 0 Å². The third-order valence-corrected chi connectivity index (χ3v) is 6.36. The van der Waals surface area contributed by atoms with Crippen LogP contribution in [-0.4, -0.2) is 75.3 Å². The summed E-state index contributed by atoms with van der Waals surface area (Å²) in [6.45, 7) is 12.6. The number of hydrogen-bond donors (Lipinski definition) is 2. The third kappa shape index (κ3) is 9.63. The van der Waals surface area contributed by atoms with Crippen molar-refractivity contribution in [1.82, 2.24) is 20.4 Å². The Hall–Kier alpha value is -0.900. The molecule has 176 valence electrons. The van der Waals surface area contributed by atoms with E-state index in [0.717, 1.165) is 57.8 Å². The fraction of sp³-hybridized carbons (Fsp3) is 0.708. The molecule has 0 spiro atoms. The van der Waals surface area contributed by atoms with Gasteiger partial charge >= 0.3 is 0 Å². The number of rotatable bonds is 9. The first-order valence-electron chi connectivity index (χ1n) is 11.8. The van der Waals surface area contributed by atoms with Gasteiger partial charge in [0.1, 0.15) is 0 Å². The summed E-state index contributed by atoms with van der Waals surface area (Å²) >= 11 is 0. The van der Waals surface area contributed by atoms with E-state index < -0.39 is 0 Å². The normalized spacial score (nSPS) is 19.1. The molecular weight excluding hydrogens is 501 g/mol. The lowest BCUT2D eigenvalue weighted by molar-refractivity contribution is 0.0341. The second-order valence-electron chi connectivity index (χ2n) is 8.74. The van der Waals surface area contributed by atoms with Crippen molar-refractivity contribution in [1.29, 1.82) is 0 Å². The lowest BCUT2D eigenvalue weighted by atomic mass is 9.99. The van der Waals surface area contributed by atoms with E-state index in [1.54, 1.807) is 0 Å². The predicted molar refractivity (Wildman–Crippen MR) is 140 cm³/mol. The highest BCUT2D eigenvalue weighted by Crippen LogP contribution is 2.16. The Labute approximate surface area is 206 Å². The molecule has 0 amide bonds.